The Hall–Kier alpha value is -1.58. The van der Waals surface area contributed by atoms with Crippen molar-refractivity contribution in [2.24, 2.45) is 5.92 Å². The molecule has 1 aliphatic rings. The minimum atomic E-state index is 0.0942. The third-order valence-corrected chi connectivity index (χ3v) is 4.58. The van der Waals surface area contributed by atoms with Crippen molar-refractivity contribution in [1.82, 2.24) is 9.88 Å². The molecule has 4 heteroatoms. The van der Waals surface area contributed by atoms with Crippen LogP contribution in [0.1, 0.15) is 49.4 Å². The zero-order valence-electron chi connectivity index (χ0n) is 12.7. The summed E-state index contributed by atoms with van der Waals surface area (Å²) in [7, 11) is 3.75. The molecule has 1 saturated carbocycles. The highest BCUT2D eigenvalue weighted by atomic mass is 16.2. The molecule has 1 N–H and O–H groups in total. The number of aromatic nitrogens is 1. The van der Waals surface area contributed by atoms with Crippen molar-refractivity contribution in [3.8, 4) is 0 Å². The SMILES string of the molecule is CCC1CCC(N(C)C(=O)c2ccncc2NC)CC1. The van der Waals surface area contributed by atoms with E-state index in [0.29, 0.717) is 11.6 Å². The summed E-state index contributed by atoms with van der Waals surface area (Å²) in [5, 5.41) is 3.04. The Bertz CT molecular complexity index is 453. The number of amides is 1. The quantitative estimate of drug-likeness (QED) is 0.918. The molecule has 1 heterocycles. The number of rotatable bonds is 4. The van der Waals surface area contributed by atoms with Gasteiger partial charge in [-0.15, -0.1) is 0 Å². The summed E-state index contributed by atoms with van der Waals surface area (Å²) < 4.78 is 0. The van der Waals surface area contributed by atoms with E-state index in [2.05, 4.69) is 17.2 Å². The van der Waals surface area contributed by atoms with E-state index in [0.717, 1.165) is 24.4 Å². The number of carbonyl (C=O) groups is 1. The molecule has 1 amide bonds. The molecule has 0 radical (unpaired) electrons. The van der Waals surface area contributed by atoms with E-state index >= 15 is 0 Å². The van der Waals surface area contributed by atoms with E-state index in [1.54, 1.807) is 18.5 Å². The van der Waals surface area contributed by atoms with Crippen molar-refractivity contribution in [3.05, 3.63) is 24.0 Å². The fourth-order valence-corrected chi connectivity index (χ4v) is 3.08. The lowest BCUT2D eigenvalue weighted by molar-refractivity contribution is 0.0675. The molecule has 0 saturated heterocycles. The highest BCUT2D eigenvalue weighted by molar-refractivity contribution is 5.99. The lowest BCUT2D eigenvalue weighted by atomic mass is 9.84. The first-order valence-corrected chi connectivity index (χ1v) is 7.56. The number of hydrogen-bond acceptors (Lipinski definition) is 3. The molecule has 0 aliphatic heterocycles. The maximum absolute atomic E-state index is 12.6. The molecule has 0 spiro atoms. The van der Waals surface area contributed by atoms with Crippen molar-refractivity contribution in [3.63, 3.8) is 0 Å². The van der Waals surface area contributed by atoms with E-state index in [1.165, 1.54) is 19.3 Å². The Morgan fingerprint density at radius 2 is 2.10 bits per heavy atom. The van der Waals surface area contributed by atoms with Gasteiger partial charge < -0.3 is 10.2 Å². The predicted octanol–water partition coefficient (Wildman–Crippen LogP) is 3.16. The summed E-state index contributed by atoms with van der Waals surface area (Å²) in [5.41, 5.74) is 1.51. The first-order valence-electron chi connectivity index (χ1n) is 7.56. The van der Waals surface area contributed by atoms with E-state index in [1.807, 2.05) is 19.0 Å². The largest absolute Gasteiger partial charge is 0.386 e. The summed E-state index contributed by atoms with van der Waals surface area (Å²) in [5.74, 6) is 0.945. The van der Waals surface area contributed by atoms with Gasteiger partial charge in [-0.3, -0.25) is 9.78 Å². The predicted molar refractivity (Wildman–Crippen MR) is 81.9 cm³/mol. The molecule has 0 unspecified atom stereocenters. The molecule has 1 aromatic heterocycles. The van der Waals surface area contributed by atoms with Gasteiger partial charge in [0.15, 0.2) is 0 Å². The summed E-state index contributed by atoms with van der Waals surface area (Å²) in [6, 6.07) is 2.17. The number of nitrogens with zero attached hydrogens (tertiary/aromatic N) is 2. The molecular formula is C16H25N3O. The average Bonchev–Trinajstić information content (AvgIpc) is 2.53. The summed E-state index contributed by atoms with van der Waals surface area (Å²) >= 11 is 0. The Balaban J connectivity index is 2.05. The monoisotopic (exact) mass is 275 g/mol. The van der Waals surface area contributed by atoms with Gasteiger partial charge in [-0.05, 0) is 37.7 Å². The van der Waals surface area contributed by atoms with Crippen molar-refractivity contribution in [1.29, 1.82) is 0 Å². The van der Waals surface area contributed by atoms with Gasteiger partial charge in [0.05, 0.1) is 17.4 Å². The minimum Gasteiger partial charge on any atom is -0.386 e. The number of hydrogen-bond donors (Lipinski definition) is 1. The Morgan fingerprint density at radius 3 is 2.70 bits per heavy atom. The lowest BCUT2D eigenvalue weighted by Crippen LogP contribution is -2.39. The van der Waals surface area contributed by atoms with Gasteiger partial charge in [-0.1, -0.05) is 13.3 Å². The van der Waals surface area contributed by atoms with Crippen LogP contribution in [-0.2, 0) is 0 Å². The van der Waals surface area contributed by atoms with Crippen LogP contribution in [0.25, 0.3) is 0 Å². The van der Waals surface area contributed by atoms with Crippen LogP contribution in [0.3, 0.4) is 0 Å². The van der Waals surface area contributed by atoms with Crippen molar-refractivity contribution < 1.29 is 4.79 Å². The van der Waals surface area contributed by atoms with Crippen molar-refractivity contribution in [2.45, 2.75) is 45.1 Å². The lowest BCUT2D eigenvalue weighted by Gasteiger charge is -2.34. The van der Waals surface area contributed by atoms with Crippen molar-refractivity contribution >= 4 is 11.6 Å². The average molecular weight is 275 g/mol. The topological polar surface area (TPSA) is 45.2 Å². The molecular weight excluding hydrogens is 250 g/mol. The highest BCUT2D eigenvalue weighted by Gasteiger charge is 2.27. The zero-order chi connectivity index (χ0) is 14.5. The zero-order valence-corrected chi connectivity index (χ0v) is 12.7. The van der Waals surface area contributed by atoms with Gasteiger partial charge in [-0.25, -0.2) is 0 Å². The second-order valence-corrected chi connectivity index (χ2v) is 5.67. The van der Waals surface area contributed by atoms with Crippen LogP contribution < -0.4 is 5.32 Å². The highest BCUT2D eigenvalue weighted by Crippen LogP contribution is 2.30. The van der Waals surface area contributed by atoms with E-state index < -0.39 is 0 Å². The second-order valence-electron chi connectivity index (χ2n) is 5.67. The van der Waals surface area contributed by atoms with E-state index in [4.69, 9.17) is 0 Å². The molecule has 2 rings (SSSR count). The Kier molecular flexibility index (Phi) is 4.99. The van der Waals surface area contributed by atoms with Gasteiger partial charge in [0, 0.05) is 26.3 Å². The van der Waals surface area contributed by atoms with Crippen LogP contribution in [-0.4, -0.2) is 35.9 Å². The molecule has 1 aliphatic carbocycles. The molecule has 20 heavy (non-hydrogen) atoms. The van der Waals surface area contributed by atoms with Crippen LogP contribution in [0.2, 0.25) is 0 Å². The first kappa shape index (κ1) is 14.8. The molecule has 0 atom stereocenters. The first-order chi connectivity index (χ1) is 9.67. The number of nitrogens with one attached hydrogen (secondary N) is 1. The van der Waals surface area contributed by atoms with Crippen LogP contribution in [0.5, 0.6) is 0 Å². The number of anilines is 1. The summed E-state index contributed by atoms with van der Waals surface area (Å²) in [4.78, 5) is 18.6. The molecule has 1 aromatic rings. The van der Waals surface area contributed by atoms with E-state index in [-0.39, 0.29) is 5.91 Å². The van der Waals surface area contributed by atoms with Gasteiger partial charge in [-0.2, -0.15) is 0 Å². The number of carbonyl (C=O) groups excluding carboxylic acids is 1. The maximum Gasteiger partial charge on any atom is 0.256 e. The molecule has 110 valence electrons. The molecule has 0 aromatic carbocycles. The van der Waals surface area contributed by atoms with Gasteiger partial charge in [0.2, 0.25) is 0 Å². The second kappa shape index (κ2) is 6.73. The minimum absolute atomic E-state index is 0.0942. The summed E-state index contributed by atoms with van der Waals surface area (Å²) in [6.45, 7) is 2.26. The molecule has 1 fully saturated rings. The Morgan fingerprint density at radius 1 is 1.40 bits per heavy atom. The number of pyridine rings is 1. The van der Waals surface area contributed by atoms with Crippen LogP contribution in [0, 0.1) is 5.92 Å². The third-order valence-electron chi connectivity index (χ3n) is 4.58. The Labute approximate surface area is 121 Å². The van der Waals surface area contributed by atoms with Crippen molar-refractivity contribution in [2.75, 3.05) is 19.4 Å². The van der Waals surface area contributed by atoms with E-state index in [9.17, 15) is 4.79 Å². The maximum atomic E-state index is 12.6. The van der Waals surface area contributed by atoms with Gasteiger partial charge in [0.1, 0.15) is 0 Å². The van der Waals surface area contributed by atoms with Gasteiger partial charge in [0.25, 0.3) is 5.91 Å². The van der Waals surface area contributed by atoms with Gasteiger partial charge >= 0.3 is 0 Å². The fourth-order valence-electron chi connectivity index (χ4n) is 3.08. The molecule has 0 bridgehead atoms. The standard InChI is InChI=1S/C16H25N3O/c1-4-12-5-7-13(8-6-12)19(3)16(20)14-9-10-18-11-15(14)17-2/h9-13,17H,4-8H2,1-3H3. The third kappa shape index (κ3) is 3.11. The van der Waals surface area contributed by atoms with Crippen LogP contribution in [0.4, 0.5) is 5.69 Å². The smallest absolute Gasteiger partial charge is 0.256 e. The van der Waals surface area contributed by atoms with Crippen LogP contribution >= 0.6 is 0 Å². The summed E-state index contributed by atoms with van der Waals surface area (Å²) in [6.07, 6.45) is 9.38. The fraction of sp³-hybridized carbons (Fsp3) is 0.625. The van der Waals surface area contributed by atoms with Crippen LogP contribution in [0.15, 0.2) is 18.5 Å². The molecule has 4 nitrogen and oxygen atoms in total. The normalized spacial score (nSPS) is 22.4.